The Morgan fingerprint density at radius 1 is 1.21 bits per heavy atom. The molecule has 19 heavy (non-hydrogen) atoms. The molecule has 0 aliphatic carbocycles. The van der Waals surface area contributed by atoms with E-state index < -0.39 is 0 Å². The van der Waals surface area contributed by atoms with Crippen LogP contribution in [0.4, 0.5) is 4.79 Å². The first-order valence-corrected chi connectivity index (χ1v) is 6.89. The molecule has 4 nitrogen and oxygen atoms in total. The predicted molar refractivity (Wildman–Crippen MR) is 77.6 cm³/mol. The van der Waals surface area contributed by atoms with E-state index in [9.17, 15) is 4.79 Å². The van der Waals surface area contributed by atoms with Gasteiger partial charge in [-0.2, -0.15) is 0 Å². The van der Waals surface area contributed by atoms with Crippen LogP contribution in [0.25, 0.3) is 0 Å². The van der Waals surface area contributed by atoms with Gasteiger partial charge in [-0.15, -0.1) is 0 Å². The number of aryl methyl sites for hydroxylation is 1. The van der Waals surface area contributed by atoms with Crippen molar-refractivity contribution in [1.82, 2.24) is 10.6 Å². The van der Waals surface area contributed by atoms with E-state index in [0.717, 1.165) is 18.6 Å². The van der Waals surface area contributed by atoms with Crippen molar-refractivity contribution in [3.8, 4) is 5.75 Å². The zero-order chi connectivity index (χ0) is 14.1. The van der Waals surface area contributed by atoms with Crippen molar-refractivity contribution in [2.24, 2.45) is 0 Å². The molecule has 2 amide bonds. The standard InChI is InChI=1S/C15H24N2O2/c1-4-13(5-2)17-15(18)16-10-11-19-14-8-6-12(3)7-9-14/h6-9,13H,4-5,10-11H2,1-3H3,(H2,16,17,18). The minimum atomic E-state index is -0.124. The van der Waals surface area contributed by atoms with Crippen LogP contribution in [0.2, 0.25) is 0 Å². The lowest BCUT2D eigenvalue weighted by Gasteiger charge is -2.15. The lowest BCUT2D eigenvalue weighted by atomic mass is 10.2. The smallest absolute Gasteiger partial charge is 0.315 e. The minimum absolute atomic E-state index is 0.124. The van der Waals surface area contributed by atoms with Gasteiger partial charge in [0.1, 0.15) is 12.4 Å². The van der Waals surface area contributed by atoms with Crippen molar-refractivity contribution in [3.63, 3.8) is 0 Å². The Balaban J connectivity index is 2.16. The molecular weight excluding hydrogens is 240 g/mol. The Morgan fingerprint density at radius 3 is 2.42 bits per heavy atom. The number of rotatable bonds is 7. The zero-order valence-corrected chi connectivity index (χ0v) is 12.0. The second-order valence-corrected chi connectivity index (χ2v) is 4.58. The van der Waals surface area contributed by atoms with Crippen molar-refractivity contribution in [2.45, 2.75) is 39.7 Å². The first-order chi connectivity index (χ1) is 9.15. The van der Waals surface area contributed by atoms with E-state index in [4.69, 9.17) is 4.74 Å². The largest absolute Gasteiger partial charge is 0.492 e. The molecule has 0 heterocycles. The van der Waals surface area contributed by atoms with Crippen LogP contribution in [0, 0.1) is 6.92 Å². The van der Waals surface area contributed by atoms with Gasteiger partial charge >= 0.3 is 6.03 Å². The summed E-state index contributed by atoms with van der Waals surface area (Å²) in [6, 6.07) is 7.99. The maximum Gasteiger partial charge on any atom is 0.315 e. The SMILES string of the molecule is CCC(CC)NC(=O)NCCOc1ccc(C)cc1. The Labute approximate surface area is 115 Å². The summed E-state index contributed by atoms with van der Waals surface area (Å²) in [5.41, 5.74) is 1.20. The van der Waals surface area contributed by atoms with Crippen molar-refractivity contribution < 1.29 is 9.53 Å². The predicted octanol–water partition coefficient (Wildman–Crippen LogP) is 2.86. The van der Waals surface area contributed by atoms with Gasteiger partial charge in [0, 0.05) is 6.04 Å². The maximum absolute atomic E-state index is 11.5. The van der Waals surface area contributed by atoms with Gasteiger partial charge in [-0.3, -0.25) is 0 Å². The monoisotopic (exact) mass is 264 g/mol. The highest BCUT2D eigenvalue weighted by atomic mass is 16.5. The van der Waals surface area contributed by atoms with Crippen LogP contribution in [0.15, 0.2) is 24.3 Å². The minimum Gasteiger partial charge on any atom is -0.492 e. The van der Waals surface area contributed by atoms with E-state index in [1.165, 1.54) is 5.56 Å². The van der Waals surface area contributed by atoms with Gasteiger partial charge in [-0.25, -0.2) is 4.79 Å². The Hall–Kier alpha value is -1.71. The molecule has 0 radical (unpaired) electrons. The summed E-state index contributed by atoms with van der Waals surface area (Å²) in [5, 5.41) is 5.71. The van der Waals surface area contributed by atoms with E-state index in [2.05, 4.69) is 24.5 Å². The second kappa shape index (κ2) is 8.40. The van der Waals surface area contributed by atoms with Gasteiger partial charge in [0.2, 0.25) is 0 Å². The van der Waals surface area contributed by atoms with E-state index >= 15 is 0 Å². The van der Waals surface area contributed by atoms with Crippen LogP contribution in [0.3, 0.4) is 0 Å². The first-order valence-electron chi connectivity index (χ1n) is 6.89. The molecule has 0 atom stereocenters. The Kier molecular flexibility index (Phi) is 6.79. The molecule has 4 heteroatoms. The third-order valence-electron chi connectivity index (χ3n) is 3.00. The molecule has 0 saturated heterocycles. The van der Waals surface area contributed by atoms with Crippen molar-refractivity contribution in [1.29, 1.82) is 0 Å². The van der Waals surface area contributed by atoms with E-state index in [-0.39, 0.29) is 12.1 Å². The fourth-order valence-electron chi connectivity index (χ4n) is 1.70. The summed E-state index contributed by atoms with van der Waals surface area (Å²) in [6.45, 7) is 7.14. The Bertz CT molecular complexity index is 372. The van der Waals surface area contributed by atoms with Crippen LogP contribution in [-0.2, 0) is 0 Å². The average Bonchev–Trinajstić information content (AvgIpc) is 2.43. The molecule has 1 aromatic carbocycles. The van der Waals surface area contributed by atoms with Crippen LogP contribution in [0.1, 0.15) is 32.3 Å². The number of urea groups is 1. The molecule has 2 N–H and O–H groups in total. The van der Waals surface area contributed by atoms with Gasteiger partial charge in [0.05, 0.1) is 6.54 Å². The molecule has 0 aromatic heterocycles. The summed E-state index contributed by atoms with van der Waals surface area (Å²) in [5.74, 6) is 0.827. The highest BCUT2D eigenvalue weighted by Crippen LogP contribution is 2.10. The molecule has 1 rings (SSSR count). The quantitative estimate of drug-likeness (QED) is 0.744. The second-order valence-electron chi connectivity index (χ2n) is 4.58. The molecule has 0 saturated carbocycles. The fraction of sp³-hybridized carbons (Fsp3) is 0.533. The van der Waals surface area contributed by atoms with Crippen LogP contribution in [-0.4, -0.2) is 25.2 Å². The molecule has 1 aromatic rings. The topological polar surface area (TPSA) is 50.4 Å². The average molecular weight is 264 g/mol. The van der Waals surface area contributed by atoms with Crippen molar-refractivity contribution in [2.75, 3.05) is 13.2 Å². The third-order valence-corrected chi connectivity index (χ3v) is 3.00. The number of hydrogen-bond acceptors (Lipinski definition) is 2. The van der Waals surface area contributed by atoms with Gasteiger partial charge in [-0.05, 0) is 31.9 Å². The van der Waals surface area contributed by atoms with Crippen molar-refractivity contribution >= 4 is 6.03 Å². The van der Waals surface area contributed by atoms with Crippen LogP contribution in [0.5, 0.6) is 5.75 Å². The first kappa shape index (κ1) is 15.3. The highest BCUT2D eigenvalue weighted by molar-refractivity contribution is 5.74. The number of benzene rings is 1. The molecule has 106 valence electrons. The van der Waals surface area contributed by atoms with Gasteiger partial charge in [0.15, 0.2) is 0 Å². The molecule has 0 aliphatic rings. The van der Waals surface area contributed by atoms with Crippen molar-refractivity contribution in [3.05, 3.63) is 29.8 Å². The van der Waals surface area contributed by atoms with E-state index in [1.54, 1.807) is 0 Å². The third kappa shape index (κ3) is 6.13. The maximum atomic E-state index is 11.5. The number of nitrogens with one attached hydrogen (secondary N) is 2. The lowest BCUT2D eigenvalue weighted by Crippen LogP contribution is -2.42. The van der Waals surface area contributed by atoms with Gasteiger partial charge < -0.3 is 15.4 Å². The molecule has 0 fully saturated rings. The molecular formula is C15H24N2O2. The molecule has 0 spiro atoms. The molecule has 0 aliphatic heterocycles. The fourth-order valence-corrected chi connectivity index (χ4v) is 1.70. The Morgan fingerprint density at radius 2 is 1.84 bits per heavy atom. The summed E-state index contributed by atoms with van der Waals surface area (Å²) < 4.78 is 5.53. The highest BCUT2D eigenvalue weighted by Gasteiger charge is 2.06. The molecule has 0 unspecified atom stereocenters. The van der Waals surface area contributed by atoms with E-state index in [0.29, 0.717) is 13.2 Å². The van der Waals surface area contributed by atoms with Crippen LogP contribution >= 0.6 is 0 Å². The van der Waals surface area contributed by atoms with E-state index in [1.807, 2.05) is 31.2 Å². The number of carbonyl (C=O) groups excluding carboxylic acids is 1. The number of carbonyl (C=O) groups is 1. The summed E-state index contributed by atoms with van der Waals surface area (Å²) in [6.07, 6.45) is 1.90. The number of hydrogen-bond donors (Lipinski definition) is 2. The van der Waals surface area contributed by atoms with Crippen LogP contribution < -0.4 is 15.4 Å². The zero-order valence-electron chi connectivity index (χ0n) is 12.0. The van der Waals surface area contributed by atoms with Gasteiger partial charge in [-0.1, -0.05) is 31.5 Å². The van der Waals surface area contributed by atoms with Gasteiger partial charge in [0.25, 0.3) is 0 Å². The number of amides is 2. The normalized spacial score (nSPS) is 10.3. The summed E-state index contributed by atoms with van der Waals surface area (Å²) >= 11 is 0. The lowest BCUT2D eigenvalue weighted by molar-refractivity contribution is 0.232. The summed E-state index contributed by atoms with van der Waals surface area (Å²) in [7, 11) is 0. The summed E-state index contributed by atoms with van der Waals surface area (Å²) in [4.78, 5) is 11.5. The molecule has 0 bridgehead atoms. The number of ether oxygens (including phenoxy) is 1.